The number of nitrogens with two attached hydrogens (primary N) is 1. The van der Waals surface area contributed by atoms with E-state index in [1.165, 1.54) is 12.1 Å². The Morgan fingerprint density at radius 2 is 2.29 bits per heavy atom. The molecule has 0 radical (unpaired) electrons. The van der Waals surface area contributed by atoms with Gasteiger partial charge in [0.05, 0.1) is 17.5 Å². The van der Waals surface area contributed by atoms with Gasteiger partial charge in [0.15, 0.2) is 0 Å². The third-order valence-electron chi connectivity index (χ3n) is 2.00. The van der Waals surface area contributed by atoms with Gasteiger partial charge in [-0.2, -0.15) is 0 Å². The van der Waals surface area contributed by atoms with Crippen LogP contribution < -0.4 is 11.1 Å². The lowest BCUT2D eigenvalue weighted by atomic mass is 10.2. The zero-order valence-electron chi connectivity index (χ0n) is 8.38. The van der Waals surface area contributed by atoms with Crippen molar-refractivity contribution in [3.05, 3.63) is 24.0 Å². The molecule has 0 aliphatic heterocycles. The van der Waals surface area contributed by atoms with Crippen molar-refractivity contribution in [3.8, 4) is 0 Å². The quantitative estimate of drug-likeness (QED) is 0.726. The van der Waals surface area contributed by atoms with E-state index in [-0.39, 0.29) is 11.9 Å². The van der Waals surface area contributed by atoms with Gasteiger partial charge in [-0.15, -0.1) is 0 Å². The minimum absolute atomic E-state index is 0.0967. The number of hydrogen-bond acceptors (Lipinski definition) is 3. The van der Waals surface area contributed by atoms with Crippen molar-refractivity contribution in [3.63, 3.8) is 0 Å². The number of hydrogen-bond donors (Lipinski definition) is 2. The monoisotopic (exact) mass is 198 g/mol. The summed E-state index contributed by atoms with van der Waals surface area (Å²) in [6.07, 6.45) is 0.0967. The molecular weight excluding hydrogens is 183 g/mol. The summed E-state index contributed by atoms with van der Waals surface area (Å²) in [4.78, 5) is 0. The standard InChI is InChI=1S/C10H15FN2O/c1-7(14-2)6-13-10-4-3-8(11)5-9(10)12/h3-5,7,13H,6,12H2,1-2H3. The molecule has 1 unspecified atom stereocenters. The first-order valence-corrected chi connectivity index (χ1v) is 4.45. The van der Waals surface area contributed by atoms with E-state index in [1.807, 2.05) is 6.92 Å². The van der Waals surface area contributed by atoms with Crippen LogP contribution in [0.4, 0.5) is 15.8 Å². The Morgan fingerprint density at radius 3 is 2.86 bits per heavy atom. The minimum atomic E-state index is -0.326. The highest BCUT2D eigenvalue weighted by molar-refractivity contribution is 5.65. The van der Waals surface area contributed by atoms with Crippen molar-refractivity contribution in [1.29, 1.82) is 0 Å². The van der Waals surface area contributed by atoms with Gasteiger partial charge >= 0.3 is 0 Å². The van der Waals surface area contributed by atoms with Crippen molar-refractivity contribution in [2.75, 3.05) is 24.7 Å². The van der Waals surface area contributed by atoms with E-state index in [4.69, 9.17) is 10.5 Å². The van der Waals surface area contributed by atoms with Crippen molar-refractivity contribution in [2.24, 2.45) is 0 Å². The van der Waals surface area contributed by atoms with Crippen LogP contribution in [0.25, 0.3) is 0 Å². The maximum atomic E-state index is 12.7. The number of methoxy groups -OCH3 is 1. The van der Waals surface area contributed by atoms with E-state index in [9.17, 15) is 4.39 Å². The predicted molar refractivity (Wildman–Crippen MR) is 55.8 cm³/mol. The molecule has 0 amide bonds. The average Bonchev–Trinajstić information content (AvgIpc) is 2.16. The Bertz CT molecular complexity index is 304. The second kappa shape index (κ2) is 4.81. The van der Waals surface area contributed by atoms with Gasteiger partial charge in [0.1, 0.15) is 5.82 Å². The molecule has 3 nitrogen and oxygen atoms in total. The summed E-state index contributed by atoms with van der Waals surface area (Å²) in [5, 5.41) is 3.07. The average molecular weight is 198 g/mol. The highest BCUT2D eigenvalue weighted by Gasteiger charge is 2.02. The minimum Gasteiger partial charge on any atom is -0.397 e. The maximum absolute atomic E-state index is 12.7. The van der Waals surface area contributed by atoms with Crippen LogP contribution in [-0.2, 0) is 4.74 Å². The Labute approximate surface area is 83.1 Å². The van der Waals surface area contributed by atoms with Gasteiger partial charge in [-0.05, 0) is 25.1 Å². The number of rotatable bonds is 4. The van der Waals surface area contributed by atoms with Crippen LogP contribution >= 0.6 is 0 Å². The number of nitrogen functional groups attached to an aromatic ring is 1. The number of benzene rings is 1. The molecule has 0 saturated carbocycles. The third kappa shape index (κ3) is 2.88. The largest absolute Gasteiger partial charge is 0.397 e. The number of ether oxygens (including phenoxy) is 1. The maximum Gasteiger partial charge on any atom is 0.125 e. The Kier molecular flexibility index (Phi) is 3.71. The lowest BCUT2D eigenvalue weighted by Crippen LogP contribution is -2.18. The number of anilines is 2. The van der Waals surface area contributed by atoms with E-state index in [1.54, 1.807) is 13.2 Å². The molecule has 1 rings (SSSR count). The van der Waals surface area contributed by atoms with Crippen LogP contribution in [0.3, 0.4) is 0 Å². The molecule has 0 saturated heterocycles. The Balaban J connectivity index is 2.59. The SMILES string of the molecule is COC(C)CNc1ccc(F)cc1N. The van der Waals surface area contributed by atoms with Crippen LogP contribution in [0.15, 0.2) is 18.2 Å². The fourth-order valence-corrected chi connectivity index (χ4v) is 1.03. The fraction of sp³-hybridized carbons (Fsp3) is 0.400. The molecule has 14 heavy (non-hydrogen) atoms. The van der Waals surface area contributed by atoms with E-state index in [0.29, 0.717) is 12.2 Å². The van der Waals surface area contributed by atoms with Crippen molar-refractivity contribution < 1.29 is 9.13 Å². The van der Waals surface area contributed by atoms with Crippen molar-refractivity contribution in [1.82, 2.24) is 0 Å². The van der Waals surface area contributed by atoms with Crippen LogP contribution in [0.2, 0.25) is 0 Å². The summed E-state index contributed by atoms with van der Waals surface area (Å²) in [5.74, 6) is -0.326. The van der Waals surface area contributed by atoms with Gasteiger partial charge in [0, 0.05) is 13.7 Å². The number of halogens is 1. The van der Waals surface area contributed by atoms with Crippen molar-refractivity contribution in [2.45, 2.75) is 13.0 Å². The van der Waals surface area contributed by atoms with E-state index in [0.717, 1.165) is 5.69 Å². The second-order valence-corrected chi connectivity index (χ2v) is 3.16. The molecule has 1 aromatic rings. The molecule has 0 aliphatic rings. The van der Waals surface area contributed by atoms with Crippen LogP contribution in [-0.4, -0.2) is 19.8 Å². The zero-order valence-corrected chi connectivity index (χ0v) is 8.38. The van der Waals surface area contributed by atoms with Gasteiger partial charge in [0.2, 0.25) is 0 Å². The number of nitrogens with one attached hydrogen (secondary N) is 1. The highest BCUT2D eigenvalue weighted by atomic mass is 19.1. The first kappa shape index (κ1) is 10.8. The highest BCUT2D eigenvalue weighted by Crippen LogP contribution is 2.18. The molecule has 0 aromatic heterocycles. The lowest BCUT2D eigenvalue weighted by Gasteiger charge is -2.13. The summed E-state index contributed by atoms with van der Waals surface area (Å²) in [7, 11) is 1.64. The van der Waals surface area contributed by atoms with E-state index in [2.05, 4.69) is 5.32 Å². The molecular formula is C10H15FN2O. The molecule has 0 aliphatic carbocycles. The van der Waals surface area contributed by atoms with Gasteiger partial charge in [-0.3, -0.25) is 0 Å². The molecule has 1 aromatic carbocycles. The summed E-state index contributed by atoms with van der Waals surface area (Å²) in [5.41, 5.74) is 6.75. The van der Waals surface area contributed by atoms with Gasteiger partial charge in [-0.1, -0.05) is 0 Å². The van der Waals surface area contributed by atoms with Crippen LogP contribution in [0.5, 0.6) is 0 Å². The summed E-state index contributed by atoms with van der Waals surface area (Å²) in [6.45, 7) is 2.58. The fourth-order valence-electron chi connectivity index (χ4n) is 1.03. The third-order valence-corrected chi connectivity index (χ3v) is 2.00. The topological polar surface area (TPSA) is 47.3 Å². The molecule has 0 heterocycles. The summed E-state index contributed by atoms with van der Waals surface area (Å²) in [6, 6.07) is 4.28. The Hall–Kier alpha value is -1.29. The molecule has 4 heteroatoms. The van der Waals surface area contributed by atoms with Gasteiger partial charge in [-0.25, -0.2) is 4.39 Å². The molecule has 1 atom stereocenters. The normalized spacial score (nSPS) is 12.5. The van der Waals surface area contributed by atoms with Gasteiger partial charge < -0.3 is 15.8 Å². The molecule has 3 N–H and O–H groups in total. The van der Waals surface area contributed by atoms with Gasteiger partial charge in [0.25, 0.3) is 0 Å². The molecule has 78 valence electrons. The van der Waals surface area contributed by atoms with Crippen LogP contribution in [0, 0.1) is 5.82 Å². The predicted octanol–water partition coefficient (Wildman–Crippen LogP) is 1.85. The van der Waals surface area contributed by atoms with Crippen LogP contribution in [0.1, 0.15) is 6.92 Å². The molecule has 0 fully saturated rings. The second-order valence-electron chi connectivity index (χ2n) is 3.16. The smallest absolute Gasteiger partial charge is 0.125 e. The van der Waals surface area contributed by atoms with E-state index < -0.39 is 0 Å². The summed E-state index contributed by atoms with van der Waals surface area (Å²) < 4.78 is 17.7. The van der Waals surface area contributed by atoms with E-state index >= 15 is 0 Å². The first-order chi connectivity index (χ1) is 6.63. The van der Waals surface area contributed by atoms with Crippen molar-refractivity contribution >= 4 is 11.4 Å². The Morgan fingerprint density at radius 1 is 1.57 bits per heavy atom. The lowest BCUT2D eigenvalue weighted by molar-refractivity contribution is 0.129. The molecule has 0 bridgehead atoms. The molecule has 0 spiro atoms. The summed E-state index contributed by atoms with van der Waals surface area (Å²) >= 11 is 0. The zero-order chi connectivity index (χ0) is 10.6. The first-order valence-electron chi connectivity index (χ1n) is 4.45.